The minimum Gasteiger partial charge on any atom is -0.352 e. The summed E-state index contributed by atoms with van der Waals surface area (Å²) in [5.41, 5.74) is 5.09. The summed E-state index contributed by atoms with van der Waals surface area (Å²) in [6.45, 7) is 5.10. The summed E-state index contributed by atoms with van der Waals surface area (Å²) in [5, 5.41) is 15.1. The maximum absolute atomic E-state index is 12.0. The van der Waals surface area contributed by atoms with Gasteiger partial charge in [0.1, 0.15) is 0 Å². The quantitative estimate of drug-likeness (QED) is 0.665. The van der Waals surface area contributed by atoms with Gasteiger partial charge < -0.3 is 5.32 Å². The molecule has 0 saturated heterocycles. The van der Waals surface area contributed by atoms with Gasteiger partial charge in [0.2, 0.25) is 5.91 Å². The van der Waals surface area contributed by atoms with Gasteiger partial charge in [0.25, 0.3) is 0 Å². The van der Waals surface area contributed by atoms with E-state index in [0.717, 1.165) is 34.5 Å². The molecule has 0 unspecified atom stereocenters. The predicted octanol–water partition coefficient (Wildman–Crippen LogP) is 3.64. The number of rotatable bonds is 7. The van der Waals surface area contributed by atoms with Gasteiger partial charge in [-0.25, -0.2) is 0 Å². The molecule has 2 N–H and O–H groups in total. The van der Waals surface area contributed by atoms with Crippen molar-refractivity contribution in [2.75, 3.05) is 0 Å². The highest BCUT2D eigenvalue weighted by molar-refractivity contribution is 6.30. The normalized spacial score (nSPS) is 10.9. The van der Waals surface area contributed by atoms with Crippen molar-refractivity contribution in [3.05, 3.63) is 58.6 Å². The van der Waals surface area contributed by atoms with Gasteiger partial charge in [0, 0.05) is 47.6 Å². The van der Waals surface area contributed by atoms with Crippen molar-refractivity contribution >= 4 is 17.5 Å². The maximum Gasteiger partial charge on any atom is 0.220 e. The summed E-state index contributed by atoms with van der Waals surface area (Å²) in [7, 11) is 0. The molecule has 6 nitrogen and oxygen atoms in total. The van der Waals surface area contributed by atoms with E-state index in [-0.39, 0.29) is 5.91 Å². The number of amides is 1. The molecule has 2 aromatic heterocycles. The zero-order valence-corrected chi connectivity index (χ0v) is 15.7. The first kappa shape index (κ1) is 18.2. The molecule has 0 atom stereocenters. The SMILES string of the molecule is Cc1n[nH]c(C)c1CNC(=O)CCCn1cc(-c2ccc(Cl)cc2)cn1. The highest BCUT2D eigenvalue weighted by Crippen LogP contribution is 2.20. The van der Waals surface area contributed by atoms with E-state index in [9.17, 15) is 4.79 Å². The third-order valence-electron chi connectivity index (χ3n) is 4.34. The van der Waals surface area contributed by atoms with Crippen LogP contribution in [0.5, 0.6) is 0 Å². The van der Waals surface area contributed by atoms with Crippen molar-refractivity contribution in [2.24, 2.45) is 0 Å². The smallest absolute Gasteiger partial charge is 0.220 e. The summed E-state index contributed by atoms with van der Waals surface area (Å²) in [4.78, 5) is 12.0. The van der Waals surface area contributed by atoms with E-state index >= 15 is 0 Å². The maximum atomic E-state index is 12.0. The first-order valence-electron chi connectivity index (χ1n) is 8.58. The molecule has 0 fully saturated rings. The van der Waals surface area contributed by atoms with Crippen LogP contribution in [0.15, 0.2) is 36.7 Å². The molecule has 0 aliphatic carbocycles. The molecule has 3 rings (SSSR count). The number of hydrogen-bond donors (Lipinski definition) is 2. The van der Waals surface area contributed by atoms with Gasteiger partial charge in [-0.1, -0.05) is 23.7 Å². The Morgan fingerprint density at radius 2 is 2.00 bits per heavy atom. The van der Waals surface area contributed by atoms with E-state index in [1.165, 1.54) is 0 Å². The van der Waals surface area contributed by atoms with E-state index < -0.39 is 0 Å². The molecule has 2 heterocycles. The fourth-order valence-electron chi connectivity index (χ4n) is 2.79. The topological polar surface area (TPSA) is 75.6 Å². The molecule has 136 valence electrons. The first-order chi connectivity index (χ1) is 12.5. The molecule has 0 aliphatic heterocycles. The summed E-state index contributed by atoms with van der Waals surface area (Å²) in [6, 6.07) is 7.66. The van der Waals surface area contributed by atoms with Crippen molar-refractivity contribution in [2.45, 2.75) is 39.8 Å². The molecule has 0 aliphatic rings. The molecule has 1 amide bonds. The number of nitrogens with one attached hydrogen (secondary N) is 2. The van der Waals surface area contributed by atoms with Crippen LogP contribution in [0.4, 0.5) is 0 Å². The summed E-state index contributed by atoms with van der Waals surface area (Å²) in [5.74, 6) is 0.0371. The number of nitrogens with zero attached hydrogens (tertiary/aromatic N) is 3. The van der Waals surface area contributed by atoms with Crippen molar-refractivity contribution in [3.8, 4) is 11.1 Å². The monoisotopic (exact) mass is 371 g/mol. The van der Waals surface area contributed by atoms with Crippen LogP contribution < -0.4 is 5.32 Å². The fraction of sp³-hybridized carbons (Fsp3) is 0.316. The van der Waals surface area contributed by atoms with E-state index in [4.69, 9.17) is 11.6 Å². The Bertz CT molecular complexity index is 862. The van der Waals surface area contributed by atoms with Crippen LogP contribution in [0.25, 0.3) is 11.1 Å². The molecular formula is C19H22ClN5O. The van der Waals surface area contributed by atoms with Crippen LogP contribution in [0, 0.1) is 13.8 Å². The summed E-state index contributed by atoms with van der Waals surface area (Å²) in [6.07, 6.45) is 5.01. The lowest BCUT2D eigenvalue weighted by molar-refractivity contribution is -0.121. The molecule has 0 spiro atoms. The zero-order chi connectivity index (χ0) is 18.5. The Kier molecular flexibility index (Phi) is 5.73. The second kappa shape index (κ2) is 8.19. The number of hydrogen-bond acceptors (Lipinski definition) is 3. The average Bonchev–Trinajstić information content (AvgIpc) is 3.21. The average molecular weight is 372 g/mol. The van der Waals surface area contributed by atoms with Crippen molar-refractivity contribution in [3.63, 3.8) is 0 Å². The third-order valence-corrected chi connectivity index (χ3v) is 4.60. The van der Waals surface area contributed by atoms with Gasteiger partial charge in [-0.2, -0.15) is 10.2 Å². The Balaban J connectivity index is 1.45. The number of carbonyl (C=O) groups excluding carboxylic acids is 1. The standard InChI is InChI=1S/C19H22ClN5O/c1-13-18(14(2)24-23-13)11-21-19(26)4-3-9-25-12-16(10-22-25)15-5-7-17(20)8-6-15/h5-8,10,12H,3-4,9,11H2,1-2H3,(H,21,26)(H,23,24). The number of aryl methyl sites for hydroxylation is 3. The lowest BCUT2D eigenvalue weighted by atomic mass is 10.1. The van der Waals surface area contributed by atoms with Crippen molar-refractivity contribution < 1.29 is 4.79 Å². The van der Waals surface area contributed by atoms with E-state index in [1.807, 2.05) is 55.2 Å². The van der Waals surface area contributed by atoms with Gasteiger partial charge in [-0.15, -0.1) is 0 Å². The van der Waals surface area contributed by atoms with E-state index in [2.05, 4.69) is 20.6 Å². The second-order valence-electron chi connectivity index (χ2n) is 6.29. The number of H-pyrrole nitrogens is 1. The van der Waals surface area contributed by atoms with Crippen LogP contribution in [0.1, 0.15) is 29.8 Å². The number of benzene rings is 1. The molecule has 7 heteroatoms. The van der Waals surface area contributed by atoms with Crippen LogP contribution in [0.3, 0.4) is 0 Å². The summed E-state index contributed by atoms with van der Waals surface area (Å²) >= 11 is 5.91. The van der Waals surface area contributed by atoms with Crippen LogP contribution in [-0.4, -0.2) is 25.9 Å². The Hall–Kier alpha value is -2.60. The molecule has 3 aromatic rings. The fourth-order valence-corrected chi connectivity index (χ4v) is 2.91. The highest BCUT2D eigenvalue weighted by atomic mass is 35.5. The van der Waals surface area contributed by atoms with Crippen LogP contribution in [-0.2, 0) is 17.9 Å². The molecule has 26 heavy (non-hydrogen) atoms. The van der Waals surface area contributed by atoms with Gasteiger partial charge in [-0.3, -0.25) is 14.6 Å². The molecule has 0 bridgehead atoms. The van der Waals surface area contributed by atoms with Crippen molar-refractivity contribution in [1.82, 2.24) is 25.3 Å². The Morgan fingerprint density at radius 1 is 1.23 bits per heavy atom. The van der Waals surface area contributed by atoms with E-state index in [1.54, 1.807) is 0 Å². The minimum atomic E-state index is 0.0371. The lowest BCUT2D eigenvalue weighted by Crippen LogP contribution is -2.23. The number of carbonyl (C=O) groups is 1. The molecule has 0 radical (unpaired) electrons. The van der Waals surface area contributed by atoms with E-state index in [0.29, 0.717) is 24.5 Å². The van der Waals surface area contributed by atoms with Crippen LogP contribution in [0.2, 0.25) is 5.02 Å². The Labute approximate surface area is 157 Å². The van der Waals surface area contributed by atoms with Gasteiger partial charge >= 0.3 is 0 Å². The summed E-state index contributed by atoms with van der Waals surface area (Å²) < 4.78 is 1.86. The highest BCUT2D eigenvalue weighted by Gasteiger charge is 2.08. The van der Waals surface area contributed by atoms with Gasteiger partial charge in [0.05, 0.1) is 11.9 Å². The Morgan fingerprint density at radius 3 is 2.69 bits per heavy atom. The zero-order valence-electron chi connectivity index (χ0n) is 14.9. The first-order valence-corrected chi connectivity index (χ1v) is 8.96. The molecule has 1 aromatic carbocycles. The van der Waals surface area contributed by atoms with Crippen LogP contribution >= 0.6 is 11.6 Å². The van der Waals surface area contributed by atoms with Gasteiger partial charge in [0.15, 0.2) is 0 Å². The number of halogens is 1. The number of aromatic nitrogens is 4. The predicted molar refractivity (Wildman–Crippen MR) is 102 cm³/mol. The molecule has 0 saturated carbocycles. The third kappa shape index (κ3) is 4.52. The number of aromatic amines is 1. The minimum absolute atomic E-state index is 0.0371. The van der Waals surface area contributed by atoms with Gasteiger partial charge in [-0.05, 0) is 38.0 Å². The lowest BCUT2D eigenvalue weighted by Gasteiger charge is -2.06. The second-order valence-corrected chi connectivity index (χ2v) is 6.73. The largest absolute Gasteiger partial charge is 0.352 e. The molecular weight excluding hydrogens is 350 g/mol. The van der Waals surface area contributed by atoms with Crippen molar-refractivity contribution in [1.29, 1.82) is 0 Å².